The van der Waals surface area contributed by atoms with Crippen molar-refractivity contribution in [2.24, 2.45) is 11.8 Å². The summed E-state index contributed by atoms with van der Waals surface area (Å²) in [7, 11) is 0. The molecule has 0 bridgehead atoms. The highest BCUT2D eigenvalue weighted by molar-refractivity contribution is 5.00. The topological polar surface area (TPSA) is 20.2 Å². The summed E-state index contributed by atoms with van der Waals surface area (Å²) in [6.45, 7) is 4.43. The van der Waals surface area contributed by atoms with Gasteiger partial charge in [0, 0.05) is 0 Å². The number of rotatable bonds is 4. The Morgan fingerprint density at radius 3 is 2.54 bits per heavy atom. The van der Waals surface area contributed by atoms with Gasteiger partial charge in [0.05, 0.1) is 6.10 Å². The largest absolute Gasteiger partial charge is 0.389 e. The molecule has 1 nitrogen and oxygen atoms in total. The van der Waals surface area contributed by atoms with E-state index >= 15 is 0 Å². The van der Waals surface area contributed by atoms with Gasteiger partial charge in [0.2, 0.25) is 0 Å². The summed E-state index contributed by atoms with van der Waals surface area (Å²) in [6.07, 6.45) is 10.0. The zero-order valence-electron chi connectivity index (χ0n) is 8.87. The van der Waals surface area contributed by atoms with E-state index in [-0.39, 0.29) is 6.10 Å². The van der Waals surface area contributed by atoms with Gasteiger partial charge in [-0.05, 0) is 24.7 Å². The maximum Gasteiger partial charge on any atom is 0.0751 e. The fourth-order valence-electron chi connectivity index (χ4n) is 2.43. The first-order chi connectivity index (χ1) is 6.29. The molecular formula is C12H22O. The molecule has 0 spiro atoms. The quantitative estimate of drug-likeness (QED) is 0.662. The Morgan fingerprint density at radius 1 is 1.23 bits per heavy atom. The predicted octanol–water partition coefficient (Wildman–Crippen LogP) is 3.14. The third-order valence-electron chi connectivity index (χ3n) is 3.10. The average molecular weight is 182 g/mol. The molecule has 3 atom stereocenters. The van der Waals surface area contributed by atoms with Crippen molar-refractivity contribution in [3.8, 4) is 0 Å². The predicted molar refractivity (Wildman–Crippen MR) is 56.6 cm³/mol. The summed E-state index contributed by atoms with van der Waals surface area (Å²) in [5.74, 6) is 1.25. The first-order valence-corrected chi connectivity index (χ1v) is 5.64. The van der Waals surface area contributed by atoms with Crippen LogP contribution in [0, 0.1) is 11.8 Å². The van der Waals surface area contributed by atoms with Gasteiger partial charge < -0.3 is 5.11 Å². The van der Waals surface area contributed by atoms with Crippen LogP contribution in [-0.2, 0) is 0 Å². The molecule has 1 aliphatic carbocycles. The van der Waals surface area contributed by atoms with Gasteiger partial charge in [-0.25, -0.2) is 0 Å². The van der Waals surface area contributed by atoms with Gasteiger partial charge in [0.1, 0.15) is 0 Å². The number of aliphatic hydroxyl groups excluding tert-OH is 1. The van der Waals surface area contributed by atoms with Crippen LogP contribution in [0.3, 0.4) is 0 Å². The van der Waals surface area contributed by atoms with Gasteiger partial charge >= 0.3 is 0 Å². The Hall–Kier alpha value is -0.300. The van der Waals surface area contributed by atoms with E-state index in [1.807, 2.05) is 6.08 Å². The molecular weight excluding hydrogens is 160 g/mol. The van der Waals surface area contributed by atoms with Gasteiger partial charge in [-0.15, -0.1) is 0 Å². The molecule has 0 aliphatic heterocycles. The van der Waals surface area contributed by atoms with Gasteiger partial charge in [0.15, 0.2) is 0 Å². The Bertz CT molecular complexity index is 163. The lowest BCUT2D eigenvalue weighted by atomic mass is 9.76. The van der Waals surface area contributed by atoms with Crippen LogP contribution in [0.2, 0.25) is 0 Å². The minimum Gasteiger partial charge on any atom is -0.389 e. The van der Waals surface area contributed by atoms with Crippen LogP contribution in [0.5, 0.6) is 0 Å². The van der Waals surface area contributed by atoms with E-state index in [0.29, 0.717) is 5.92 Å². The molecule has 76 valence electrons. The Labute approximate surface area is 81.9 Å². The summed E-state index contributed by atoms with van der Waals surface area (Å²) in [6, 6.07) is 0. The van der Waals surface area contributed by atoms with E-state index in [1.165, 1.54) is 32.1 Å². The second kappa shape index (κ2) is 5.43. The van der Waals surface area contributed by atoms with Gasteiger partial charge in [-0.3, -0.25) is 0 Å². The molecule has 0 radical (unpaired) electrons. The van der Waals surface area contributed by atoms with Crippen LogP contribution in [0.15, 0.2) is 12.2 Å². The van der Waals surface area contributed by atoms with Gasteiger partial charge in [-0.2, -0.15) is 0 Å². The Morgan fingerprint density at radius 2 is 1.92 bits per heavy atom. The van der Waals surface area contributed by atoms with Crippen LogP contribution in [0.25, 0.3) is 0 Å². The Kier molecular flexibility index (Phi) is 4.51. The zero-order valence-corrected chi connectivity index (χ0v) is 8.87. The maximum atomic E-state index is 9.81. The molecule has 3 unspecified atom stereocenters. The van der Waals surface area contributed by atoms with Crippen molar-refractivity contribution >= 4 is 0 Å². The van der Waals surface area contributed by atoms with E-state index in [2.05, 4.69) is 19.9 Å². The second-order valence-corrected chi connectivity index (χ2v) is 4.16. The lowest BCUT2D eigenvalue weighted by Crippen LogP contribution is -2.29. The number of hydrogen-bond donors (Lipinski definition) is 1. The van der Waals surface area contributed by atoms with E-state index < -0.39 is 0 Å². The molecule has 1 rings (SSSR count). The molecule has 1 heteroatoms. The van der Waals surface area contributed by atoms with Crippen molar-refractivity contribution in [3.05, 3.63) is 12.2 Å². The molecule has 0 aromatic heterocycles. The number of hydrogen-bond acceptors (Lipinski definition) is 1. The molecule has 0 fully saturated rings. The third kappa shape index (κ3) is 2.84. The van der Waals surface area contributed by atoms with Crippen LogP contribution < -0.4 is 0 Å². The highest BCUT2D eigenvalue weighted by atomic mass is 16.3. The first kappa shape index (κ1) is 10.8. The highest BCUT2D eigenvalue weighted by Gasteiger charge is 2.27. The molecule has 0 amide bonds. The van der Waals surface area contributed by atoms with Crippen molar-refractivity contribution in [3.63, 3.8) is 0 Å². The number of allylic oxidation sites excluding steroid dienone is 1. The third-order valence-corrected chi connectivity index (χ3v) is 3.10. The molecule has 0 heterocycles. The summed E-state index contributed by atoms with van der Waals surface area (Å²) >= 11 is 0. The molecule has 1 N–H and O–H groups in total. The van der Waals surface area contributed by atoms with E-state index in [9.17, 15) is 5.11 Å². The van der Waals surface area contributed by atoms with E-state index in [4.69, 9.17) is 0 Å². The van der Waals surface area contributed by atoms with Crippen LogP contribution in [0.4, 0.5) is 0 Å². The summed E-state index contributed by atoms with van der Waals surface area (Å²) in [5.41, 5.74) is 0. The van der Waals surface area contributed by atoms with E-state index in [1.54, 1.807) is 0 Å². The van der Waals surface area contributed by atoms with E-state index in [0.717, 1.165) is 5.92 Å². The van der Waals surface area contributed by atoms with Crippen molar-refractivity contribution in [1.82, 2.24) is 0 Å². The fourth-order valence-corrected chi connectivity index (χ4v) is 2.43. The number of aliphatic hydroxyl groups is 1. The van der Waals surface area contributed by atoms with Crippen molar-refractivity contribution < 1.29 is 5.11 Å². The van der Waals surface area contributed by atoms with Gasteiger partial charge in [-0.1, -0.05) is 45.3 Å². The monoisotopic (exact) mass is 182 g/mol. The SMILES string of the molecule is CCCC1CC=CC(O)C1CCC. The molecule has 0 aromatic rings. The minimum absolute atomic E-state index is 0.176. The zero-order chi connectivity index (χ0) is 9.68. The maximum absolute atomic E-state index is 9.81. The fraction of sp³-hybridized carbons (Fsp3) is 0.833. The normalized spacial score (nSPS) is 33.6. The molecule has 13 heavy (non-hydrogen) atoms. The lowest BCUT2D eigenvalue weighted by Gasteiger charge is -2.32. The molecule has 1 aliphatic rings. The van der Waals surface area contributed by atoms with Gasteiger partial charge in [0.25, 0.3) is 0 Å². The van der Waals surface area contributed by atoms with Crippen molar-refractivity contribution in [2.75, 3.05) is 0 Å². The van der Waals surface area contributed by atoms with Crippen LogP contribution >= 0.6 is 0 Å². The molecule has 0 aromatic carbocycles. The molecule has 0 saturated carbocycles. The highest BCUT2D eigenvalue weighted by Crippen LogP contribution is 2.32. The Balaban J connectivity index is 2.54. The smallest absolute Gasteiger partial charge is 0.0751 e. The van der Waals surface area contributed by atoms with Crippen molar-refractivity contribution in [1.29, 1.82) is 0 Å². The first-order valence-electron chi connectivity index (χ1n) is 5.64. The summed E-state index contributed by atoms with van der Waals surface area (Å²) < 4.78 is 0. The van der Waals surface area contributed by atoms with Crippen molar-refractivity contribution in [2.45, 2.75) is 52.1 Å². The summed E-state index contributed by atoms with van der Waals surface area (Å²) in [4.78, 5) is 0. The summed E-state index contributed by atoms with van der Waals surface area (Å²) in [5, 5.41) is 9.81. The lowest BCUT2D eigenvalue weighted by molar-refractivity contribution is 0.0911. The standard InChI is InChI=1S/C12H22O/c1-3-6-10-8-5-9-12(13)11(10)7-4-2/h5,9-13H,3-4,6-8H2,1-2H3. The second-order valence-electron chi connectivity index (χ2n) is 4.16. The minimum atomic E-state index is -0.176. The van der Waals surface area contributed by atoms with Crippen LogP contribution in [-0.4, -0.2) is 11.2 Å². The average Bonchev–Trinajstić information content (AvgIpc) is 2.11. The van der Waals surface area contributed by atoms with Crippen LogP contribution in [0.1, 0.15) is 46.0 Å². The molecule has 0 saturated heterocycles.